The first-order valence-electron chi connectivity index (χ1n) is 8.77. The van der Waals surface area contributed by atoms with Crippen LogP contribution in [-0.4, -0.2) is 33.9 Å². The number of benzene rings is 2. The molecule has 4 rings (SSSR count). The molecular formula is C20H21N5O. The minimum atomic E-state index is -0.00463. The second-order valence-electron chi connectivity index (χ2n) is 6.49. The minimum absolute atomic E-state index is 0.00463. The van der Waals surface area contributed by atoms with Crippen molar-refractivity contribution in [2.75, 3.05) is 18.8 Å². The van der Waals surface area contributed by atoms with Gasteiger partial charge >= 0.3 is 0 Å². The molecule has 0 spiro atoms. The van der Waals surface area contributed by atoms with E-state index in [1.165, 1.54) is 0 Å². The van der Waals surface area contributed by atoms with Crippen LogP contribution in [0.5, 0.6) is 0 Å². The van der Waals surface area contributed by atoms with Gasteiger partial charge in [-0.3, -0.25) is 9.69 Å². The van der Waals surface area contributed by atoms with Gasteiger partial charge in [0, 0.05) is 30.9 Å². The van der Waals surface area contributed by atoms with E-state index in [4.69, 9.17) is 5.73 Å². The molecule has 2 aromatic carbocycles. The maximum absolute atomic E-state index is 12.1. The number of aromatic nitrogens is 2. The molecule has 1 aromatic heterocycles. The number of nitrogens with two attached hydrogens (primary N) is 1. The number of nitrogens with one attached hydrogen (secondary N) is 1. The number of para-hydroxylation sites is 1. The Balaban J connectivity index is 1.67. The molecule has 0 saturated carbocycles. The van der Waals surface area contributed by atoms with Crippen molar-refractivity contribution >= 4 is 22.6 Å². The number of amides is 1. The summed E-state index contributed by atoms with van der Waals surface area (Å²) in [7, 11) is 0. The highest BCUT2D eigenvalue weighted by Crippen LogP contribution is 2.27. The average Bonchev–Trinajstić information content (AvgIpc) is 2.84. The van der Waals surface area contributed by atoms with Gasteiger partial charge in [-0.2, -0.15) is 0 Å². The van der Waals surface area contributed by atoms with E-state index in [0.29, 0.717) is 31.2 Å². The maximum Gasteiger partial charge on any atom is 0.221 e. The van der Waals surface area contributed by atoms with E-state index >= 15 is 0 Å². The molecule has 1 saturated heterocycles. The van der Waals surface area contributed by atoms with Crippen molar-refractivity contribution in [2.24, 2.45) is 0 Å². The Morgan fingerprint density at radius 3 is 2.69 bits per heavy atom. The predicted octanol–water partition coefficient (Wildman–Crippen LogP) is 2.28. The lowest BCUT2D eigenvalue weighted by atomic mass is 10.0. The first-order valence-corrected chi connectivity index (χ1v) is 8.77. The topological polar surface area (TPSA) is 84.1 Å². The summed E-state index contributed by atoms with van der Waals surface area (Å²) in [6, 6.07) is 17.8. The zero-order chi connectivity index (χ0) is 17.9. The summed E-state index contributed by atoms with van der Waals surface area (Å²) < 4.78 is 0. The molecule has 0 radical (unpaired) electrons. The van der Waals surface area contributed by atoms with E-state index in [0.717, 1.165) is 23.0 Å². The first kappa shape index (κ1) is 16.5. The van der Waals surface area contributed by atoms with Crippen LogP contribution < -0.4 is 11.1 Å². The summed E-state index contributed by atoms with van der Waals surface area (Å²) in [5, 5.41) is 3.82. The lowest BCUT2D eigenvalue weighted by Gasteiger charge is -2.28. The van der Waals surface area contributed by atoms with Crippen LogP contribution in [0.1, 0.15) is 23.9 Å². The minimum Gasteiger partial charge on any atom is -0.383 e. The number of nitrogen functional groups attached to an aromatic ring is 1. The highest BCUT2D eigenvalue weighted by atomic mass is 16.1. The molecular weight excluding hydrogens is 326 g/mol. The lowest BCUT2D eigenvalue weighted by Crippen LogP contribution is -2.31. The van der Waals surface area contributed by atoms with Crippen molar-refractivity contribution in [1.82, 2.24) is 20.2 Å². The summed E-state index contributed by atoms with van der Waals surface area (Å²) in [6.45, 7) is 1.90. The fourth-order valence-corrected chi connectivity index (χ4v) is 3.47. The zero-order valence-corrected chi connectivity index (χ0v) is 14.4. The van der Waals surface area contributed by atoms with Crippen LogP contribution in [-0.2, 0) is 11.3 Å². The zero-order valence-electron chi connectivity index (χ0n) is 14.4. The van der Waals surface area contributed by atoms with Crippen molar-refractivity contribution in [3.05, 3.63) is 66.0 Å². The van der Waals surface area contributed by atoms with Crippen molar-refractivity contribution in [2.45, 2.75) is 19.0 Å². The molecule has 1 atom stereocenters. The third-order valence-corrected chi connectivity index (χ3v) is 4.75. The van der Waals surface area contributed by atoms with Crippen LogP contribution in [0.4, 0.5) is 5.82 Å². The van der Waals surface area contributed by atoms with Crippen LogP contribution in [0.2, 0.25) is 0 Å². The summed E-state index contributed by atoms with van der Waals surface area (Å²) in [6.07, 6.45) is 0.424. The largest absolute Gasteiger partial charge is 0.383 e. The predicted molar refractivity (Wildman–Crippen MR) is 101 cm³/mol. The molecule has 6 heteroatoms. The molecule has 1 aliphatic heterocycles. The Morgan fingerprint density at radius 1 is 1.08 bits per heavy atom. The van der Waals surface area contributed by atoms with Gasteiger partial charge < -0.3 is 11.1 Å². The normalized spacial score (nSPS) is 18.5. The summed E-state index contributed by atoms with van der Waals surface area (Å²) in [5.74, 6) is 1.24. The van der Waals surface area contributed by atoms with Crippen LogP contribution >= 0.6 is 0 Å². The number of nitrogens with zero attached hydrogens (tertiary/aromatic N) is 3. The quantitative estimate of drug-likeness (QED) is 0.759. The Kier molecular flexibility index (Phi) is 4.50. The smallest absolute Gasteiger partial charge is 0.221 e. The van der Waals surface area contributed by atoms with Crippen molar-refractivity contribution < 1.29 is 4.79 Å². The molecule has 3 N–H and O–H groups in total. The molecule has 1 fully saturated rings. The molecule has 1 amide bonds. The van der Waals surface area contributed by atoms with Gasteiger partial charge in [0.2, 0.25) is 5.91 Å². The van der Waals surface area contributed by atoms with Gasteiger partial charge in [0.05, 0.1) is 12.1 Å². The Labute approximate surface area is 152 Å². The van der Waals surface area contributed by atoms with E-state index in [1.54, 1.807) is 0 Å². The van der Waals surface area contributed by atoms with Gasteiger partial charge in [-0.25, -0.2) is 9.97 Å². The lowest BCUT2D eigenvalue weighted by molar-refractivity contribution is -0.121. The summed E-state index contributed by atoms with van der Waals surface area (Å²) >= 11 is 0. The molecule has 0 aliphatic carbocycles. The number of carbonyl (C=O) groups is 1. The van der Waals surface area contributed by atoms with Gasteiger partial charge in [-0.1, -0.05) is 42.5 Å². The fourth-order valence-electron chi connectivity index (χ4n) is 3.47. The van der Waals surface area contributed by atoms with E-state index in [-0.39, 0.29) is 11.9 Å². The maximum atomic E-state index is 12.1. The standard InChI is InChI=1S/C20H21N5O/c21-20-15-8-4-5-9-16(15)23-18(24-20)13-25-11-10-22-19(26)12-17(25)14-6-2-1-3-7-14/h1-9,17H,10-13H2,(H,22,26)(H2,21,23,24). The molecule has 0 bridgehead atoms. The Morgan fingerprint density at radius 2 is 1.85 bits per heavy atom. The highest BCUT2D eigenvalue weighted by Gasteiger charge is 2.27. The van der Waals surface area contributed by atoms with E-state index < -0.39 is 0 Å². The van der Waals surface area contributed by atoms with Gasteiger partial charge in [0.1, 0.15) is 11.6 Å². The number of hydrogen-bond donors (Lipinski definition) is 2. The Bertz CT molecular complexity index is 928. The average molecular weight is 347 g/mol. The molecule has 1 aliphatic rings. The van der Waals surface area contributed by atoms with E-state index in [1.807, 2.05) is 42.5 Å². The summed E-state index contributed by atoms with van der Waals surface area (Å²) in [5.41, 5.74) is 8.09. The number of anilines is 1. The Hall–Kier alpha value is -2.99. The molecule has 1 unspecified atom stereocenters. The third-order valence-electron chi connectivity index (χ3n) is 4.75. The van der Waals surface area contributed by atoms with Gasteiger partial charge in [-0.15, -0.1) is 0 Å². The van der Waals surface area contributed by atoms with Crippen molar-refractivity contribution in [1.29, 1.82) is 0 Å². The van der Waals surface area contributed by atoms with Gasteiger partial charge in [-0.05, 0) is 17.7 Å². The first-order chi connectivity index (χ1) is 12.7. The van der Waals surface area contributed by atoms with Crippen molar-refractivity contribution in [3.8, 4) is 0 Å². The second kappa shape index (κ2) is 7.09. The molecule has 2 heterocycles. The molecule has 26 heavy (non-hydrogen) atoms. The number of carbonyl (C=O) groups excluding carboxylic acids is 1. The highest BCUT2D eigenvalue weighted by molar-refractivity contribution is 5.87. The summed E-state index contributed by atoms with van der Waals surface area (Å²) in [4.78, 5) is 23.5. The van der Waals surface area contributed by atoms with Crippen LogP contribution in [0.25, 0.3) is 10.9 Å². The SMILES string of the molecule is Nc1nc(CN2CCNC(=O)CC2c2ccccc2)nc2ccccc12. The van der Waals surface area contributed by atoms with E-state index in [2.05, 4.69) is 32.3 Å². The molecule has 3 aromatic rings. The van der Waals surface area contributed by atoms with Crippen LogP contribution in [0, 0.1) is 0 Å². The fraction of sp³-hybridized carbons (Fsp3) is 0.250. The van der Waals surface area contributed by atoms with Crippen molar-refractivity contribution in [3.63, 3.8) is 0 Å². The third kappa shape index (κ3) is 3.36. The van der Waals surface area contributed by atoms with Gasteiger partial charge in [0.15, 0.2) is 0 Å². The number of rotatable bonds is 3. The molecule has 132 valence electrons. The number of fused-ring (bicyclic) bond motifs is 1. The van der Waals surface area contributed by atoms with Crippen LogP contribution in [0.15, 0.2) is 54.6 Å². The number of hydrogen-bond acceptors (Lipinski definition) is 5. The monoisotopic (exact) mass is 347 g/mol. The van der Waals surface area contributed by atoms with Gasteiger partial charge in [0.25, 0.3) is 0 Å². The van der Waals surface area contributed by atoms with E-state index in [9.17, 15) is 4.79 Å². The second-order valence-corrected chi connectivity index (χ2v) is 6.49. The molecule has 6 nitrogen and oxygen atoms in total. The van der Waals surface area contributed by atoms with Crippen LogP contribution in [0.3, 0.4) is 0 Å².